The number of piperidine rings is 1. The van der Waals surface area contributed by atoms with Gasteiger partial charge in [-0.05, 0) is 30.7 Å². The Morgan fingerprint density at radius 1 is 1.25 bits per heavy atom. The average molecular weight is 169 g/mol. The van der Waals surface area contributed by atoms with Crippen molar-refractivity contribution in [3.05, 3.63) is 0 Å². The molecule has 0 aliphatic carbocycles. The smallest absolute Gasteiger partial charge is 0.0121 e. The fraction of sp³-hybridized carbons (Fsp3) is 1.00. The Hall–Kier alpha value is -0.0400. The maximum Gasteiger partial charge on any atom is 0.0121 e. The Labute approximate surface area is 76.9 Å². The Morgan fingerprint density at radius 2 is 1.92 bits per heavy atom. The van der Waals surface area contributed by atoms with Crippen LogP contribution in [0.5, 0.6) is 0 Å². The molecule has 1 unspecified atom stereocenters. The molecule has 1 N–H and O–H groups in total. The van der Waals surface area contributed by atoms with Crippen LogP contribution in [0, 0.1) is 11.3 Å². The first kappa shape index (κ1) is 10.0. The Kier molecular flexibility index (Phi) is 3.16. The maximum absolute atomic E-state index is 3.64. The van der Waals surface area contributed by atoms with Crippen LogP contribution in [0.3, 0.4) is 0 Å². The summed E-state index contributed by atoms with van der Waals surface area (Å²) in [5, 5.41) is 3.64. The van der Waals surface area contributed by atoms with Crippen LogP contribution >= 0.6 is 0 Å². The van der Waals surface area contributed by atoms with Crippen LogP contribution in [0.25, 0.3) is 0 Å². The molecule has 1 aliphatic rings. The molecule has 1 rings (SSSR count). The van der Waals surface area contributed by atoms with E-state index in [0.29, 0.717) is 5.41 Å². The molecule has 1 nitrogen and oxygen atoms in total. The van der Waals surface area contributed by atoms with Crippen molar-refractivity contribution in [2.24, 2.45) is 11.3 Å². The van der Waals surface area contributed by atoms with Crippen LogP contribution in [0.15, 0.2) is 0 Å². The summed E-state index contributed by atoms with van der Waals surface area (Å²) in [6, 6.07) is 0.742. The predicted molar refractivity (Wildman–Crippen MR) is 54.3 cm³/mol. The van der Waals surface area contributed by atoms with E-state index in [1.165, 1.54) is 25.8 Å². The van der Waals surface area contributed by atoms with E-state index >= 15 is 0 Å². The summed E-state index contributed by atoms with van der Waals surface area (Å²) in [6.45, 7) is 10.7. The predicted octanol–water partition coefficient (Wildman–Crippen LogP) is 2.81. The highest BCUT2D eigenvalue weighted by Gasteiger charge is 2.32. The maximum atomic E-state index is 3.64. The monoisotopic (exact) mass is 169 g/mol. The van der Waals surface area contributed by atoms with Gasteiger partial charge in [0.1, 0.15) is 0 Å². The third kappa shape index (κ3) is 2.01. The van der Waals surface area contributed by atoms with Gasteiger partial charge in [0, 0.05) is 6.04 Å². The first-order valence-electron chi connectivity index (χ1n) is 5.28. The lowest BCUT2D eigenvalue weighted by atomic mass is 9.72. The molecule has 1 aliphatic heterocycles. The summed E-state index contributed by atoms with van der Waals surface area (Å²) in [6.07, 6.45) is 4.14. The van der Waals surface area contributed by atoms with Crippen molar-refractivity contribution >= 4 is 0 Å². The third-order valence-corrected chi connectivity index (χ3v) is 3.70. The van der Waals surface area contributed by atoms with Crippen molar-refractivity contribution in [1.82, 2.24) is 5.32 Å². The van der Waals surface area contributed by atoms with E-state index in [4.69, 9.17) is 0 Å². The quantitative estimate of drug-likeness (QED) is 0.670. The fourth-order valence-corrected chi connectivity index (χ4v) is 1.89. The largest absolute Gasteiger partial charge is 0.313 e. The highest BCUT2D eigenvalue weighted by molar-refractivity contribution is 4.88. The van der Waals surface area contributed by atoms with Crippen molar-refractivity contribution in [2.45, 2.75) is 53.0 Å². The molecule has 0 aromatic heterocycles. The Balaban J connectivity index is 2.53. The van der Waals surface area contributed by atoms with E-state index < -0.39 is 0 Å². The Morgan fingerprint density at radius 3 is 2.33 bits per heavy atom. The minimum Gasteiger partial charge on any atom is -0.313 e. The number of hydrogen-bond donors (Lipinski definition) is 1. The highest BCUT2D eigenvalue weighted by atomic mass is 14.9. The van der Waals surface area contributed by atoms with Gasteiger partial charge in [0.2, 0.25) is 0 Å². The van der Waals surface area contributed by atoms with Gasteiger partial charge in [-0.1, -0.05) is 34.1 Å². The lowest BCUT2D eigenvalue weighted by molar-refractivity contribution is 0.141. The zero-order chi connectivity index (χ0) is 9.19. The van der Waals surface area contributed by atoms with Gasteiger partial charge >= 0.3 is 0 Å². The van der Waals surface area contributed by atoms with Crippen molar-refractivity contribution in [2.75, 3.05) is 6.54 Å². The standard InChI is InChI=1S/C11H23N/c1-9(2)11(3,4)10-7-5-6-8-12-10/h9-10,12H,5-8H2,1-4H3. The van der Waals surface area contributed by atoms with Crippen LogP contribution in [0.2, 0.25) is 0 Å². The Bertz CT molecular complexity index is 132. The lowest BCUT2D eigenvalue weighted by Gasteiger charge is -2.40. The molecule has 12 heavy (non-hydrogen) atoms. The van der Waals surface area contributed by atoms with Gasteiger partial charge in [-0.2, -0.15) is 0 Å². The van der Waals surface area contributed by atoms with Gasteiger partial charge in [0.05, 0.1) is 0 Å². The first-order valence-corrected chi connectivity index (χ1v) is 5.28. The summed E-state index contributed by atoms with van der Waals surface area (Å²) in [5.41, 5.74) is 0.459. The molecule has 1 fully saturated rings. The SMILES string of the molecule is CC(C)C(C)(C)C1CCCCN1. The summed E-state index contributed by atoms with van der Waals surface area (Å²) in [5.74, 6) is 0.771. The van der Waals surface area contributed by atoms with E-state index in [0.717, 1.165) is 12.0 Å². The molecule has 1 heterocycles. The van der Waals surface area contributed by atoms with Gasteiger partial charge in [0.25, 0.3) is 0 Å². The highest BCUT2D eigenvalue weighted by Crippen LogP contribution is 2.33. The van der Waals surface area contributed by atoms with Gasteiger partial charge in [0.15, 0.2) is 0 Å². The molecule has 0 aromatic carbocycles. The number of nitrogens with one attached hydrogen (secondary N) is 1. The van der Waals surface area contributed by atoms with E-state index in [9.17, 15) is 0 Å². The molecule has 0 amide bonds. The minimum absolute atomic E-state index is 0.459. The van der Waals surface area contributed by atoms with Crippen LogP contribution in [0.1, 0.15) is 47.0 Å². The summed E-state index contributed by atoms with van der Waals surface area (Å²) in [7, 11) is 0. The minimum atomic E-state index is 0.459. The van der Waals surface area contributed by atoms with Crippen molar-refractivity contribution in [3.8, 4) is 0 Å². The van der Waals surface area contributed by atoms with Crippen LogP contribution in [0.4, 0.5) is 0 Å². The topological polar surface area (TPSA) is 12.0 Å². The zero-order valence-corrected chi connectivity index (χ0v) is 8.98. The zero-order valence-electron chi connectivity index (χ0n) is 8.98. The second-order valence-electron chi connectivity index (χ2n) is 4.98. The molecule has 72 valence electrons. The third-order valence-electron chi connectivity index (χ3n) is 3.70. The van der Waals surface area contributed by atoms with E-state index in [1.807, 2.05) is 0 Å². The average Bonchev–Trinajstić information content (AvgIpc) is 2.06. The molecule has 1 saturated heterocycles. The molecule has 0 saturated carbocycles. The number of rotatable bonds is 2. The second-order valence-corrected chi connectivity index (χ2v) is 4.98. The summed E-state index contributed by atoms with van der Waals surface area (Å²) in [4.78, 5) is 0. The van der Waals surface area contributed by atoms with Crippen LogP contribution in [-0.2, 0) is 0 Å². The van der Waals surface area contributed by atoms with E-state index in [-0.39, 0.29) is 0 Å². The van der Waals surface area contributed by atoms with Gasteiger partial charge in [-0.25, -0.2) is 0 Å². The molecule has 1 atom stereocenters. The van der Waals surface area contributed by atoms with Gasteiger partial charge in [-0.3, -0.25) is 0 Å². The van der Waals surface area contributed by atoms with Crippen molar-refractivity contribution in [1.29, 1.82) is 0 Å². The molecule has 0 spiro atoms. The van der Waals surface area contributed by atoms with Crippen LogP contribution < -0.4 is 5.32 Å². The van der Waals surface area contributed by atoms with Gasteiger partial charge in [-0.15, -0.1) is 0 Å². The van der Waals surface area contributed by atoms with E-state index in [2.05, 4.69) is 33.0 Å². The summed E-state index contributed by atoms with van der Waals surface area (Å²) >= 11 is 0. The molecule has 0 radical (unpaired) electrons. The van der Waals surface area contributed by atoms with Gasteiger partial charge < -0.3 is 5.32 Å². The molecular formula is C11H23N. The first-order chi connectivity index (χ1) is 5.55. The normalized spacial score (nSPS) is 26.2. The molecule has 0 aromatic rings. The lowest BCUT2D eigenvalue weighted by Crippen LogP contribution is -2.47. The summed E-state index contributed by atoms with van der Waals surface area (Å²) < 4.78 is 0. The molecular weight excluding hydrogens is 146 g/mol. The fourth-order valence-electron chi connectivity index (χ4n) is 1.89. The second kappa shape index (κ2) is 3.78. The molecule has 0 bridgehead atoms. The van der Waals surface area contributed by atoms with Crippen LogP contribution in [-0.4, -0.2) is 12.6 Å². The molecule has 1 heteroatoms. The van der Waals surface area contributed by atoms with Crippen molar-refractivity contribution in [3.63, 3.8) is 0 Å². The van der Waals surface area contributed by atoms with E-state index in [1.54, 1.807) is 0 Å². The number of hydrogen-bond acceptors (Lipinski definition) is 1. The van der Waals surface area contributed by atoms with Crippen molar-refractivity contribution < 1.29 is 0 Å².